The monoisotopic (exact) mass is 288 g/mol. The summed E-state index contributed by atoms with van der Waals surface area (Å²) >= 11 is 1.85. The van der Waals surface area contributed by atoms with Crippen LogP contribution < -0.4 is 10.6 Å². The molecule has 4 heteroatoms. The van der Waals surface area contributed by atoms with Gasteiger partial charge < -0.3 is 10.6 Å². The smallest absolute Gasteiger partial charge is 0.221 e. The van der Waals surface area contributed by atoms with Crippen LogP contribution in [0.15, 0.2) is 36.4 Å². The van der Waals surface area contributed by atoms with E-state index in [9.17, 15) is 4.79 Å². The Kier molecular flexibility index (Phi) is 4.79. The molecule has 0 saturated carbocycles. The molecular formula is C16H20N2OS. The molecule has 20 heavy (non-hydrogen) atoms. The van der Waals surface area contributed by atoms with E-state index in [0.29, 0.717) is 0 Å². The second kappa shape index (κ2) is 6.57. The van der Waals surface area contributed by atoms with Crippen LogP contribution in [0.1, 0.15) is 36.6 Å². The van der Waals surface area contributed by atoms with Gasteiger partial charge in [0.25, 0.3) is 0 Å². The molecular weight excluding hydrogens is 268 g/mol. The van der Waals surface area contributed by atoms with Crippen LogP contribution in [0.3, 0.4) is 0 Å². The van der Waals surface area contributed by atoms with Gasteiger partial charge in [0.1, 0.15) is 0 Å². The minimum absolute atomic E-state index is 0.0512. The van der Waals surface area contributed by atoms with E-state index in [1.54, 1.807) is 0 Å². The third-order valence-electron chi connectivity index (χ3n) is 3.05. The van der Waals surface area contributed by atoms with Gasteiger partial charge >= 0.3 is 0 Å². The van der Waals surface area contributed by atoms with Crippen molar-refractivity contribution >= 4 is 28.6 Å². The molecule has 1 atom stereocenters. The Morgan fingerprint density at radius 2 is 1.80 bits per heavy atom. The van der Waals surface area contributed by atoms with E-state index < -0.39 is 0 Å². The van der Waals surface area contributed by atoms with Crippen molar-refractivity contribution < 1.29 is 4.79 Å². The van der Waals surface area contributed by atoms with E-state index in [1.807, 2.05) is 35.6 Å². The highest BCUT2D eigenvalue weighted by atomic mass is 32.1. The number of carbonyl (C=O) groups excluding carboxylic acids is 1. The summed E-state index contributed by atoms with van der Waals surface area (Å²) in [5.74, 6) is -0.0512. The Labute approximate surface area is 124 Å². The molecule has 2 N–H and O–H groups in total. The predicted octanol–water partition coefficient (Wildman–Crippen LogP) is 4.44. The number of anilines is 2. The van der Waals surface area contributed by atoms with Crippen molar-refractivity contribution in [1.82, 2.24) is 0 Å². The van der Waals surface area contributed by atoms with Gasteiger partial charge in [0.15, 0.2) is 0 Å². The number of nitrogens with one attached hydrogen (secondary N) is 2. The lowest BCUT2D eigenvalue weighted by atomic mass is 10.2. The van der Waals surface area contributed by atoms with Crippen molar-refractivity contribution in [2.24, 2.45) is 0 Å². The summed E-state index contributed by atoms with van der Waals surface area (Å²) in [5, 5.41) is 6.24. The first-order chi connectivity index (χ1) is 9.58. The SMILES string of the molecule is CCc1ccc(C(C)Nc2ccc(NC(C)=O)cc2)s1. The van der Waals surface area contributed by atoms with Crippen LogP contribution >= 0.6 is 11.3 Å². The number of hydrogen-bond donors (Lipinski definition) is 2. The Hall–Kier alpha value is -1.81. The van der Waals surface area contributed by atoms with Gasteiger partial charge in [-0.1, -0.05) is 6.92 Å². The average molecular weight is 288 g/mol. The summed E-state index contributed by atoms with van der Waals surface area (Å²) in [6.07, 6.45) is 1.09. The topological polar surface area (TPSA) is 41.1 Å². The van der Waals surface area contributed by atoms with Crippen LogP contribution in [0, 0.1) is 0 Å². The first-order valence-corrected chi connectivity index (χ1v) is 7.63. The lowest BCUT2D eigenvalue weighted by Gasteiger charge is -2.14. The number of hydrogen-bond acceptors (Lipinski definition) is 3. The maximum absolute atomic E-state index is 11.0. The molecule has 0 saturated heterocycles. The van der Waals surface area contributed by atoms with Gasteiger partial charge in [-0.15, -0.1) is 11.3 Å². The highest BCUT2D eigenvalue weighted by Gasteiger charge is 2.08. The van der Waals surface area contributed by atoms with Crippen molar-refractivity contribution in [1.29, 1.82) is 0 Å². The van der Waals surface area contributed by atoms with Gasteiger partial charge in [-0.25, -0.2) is 0 Å². The molecule has 3 nitrogen and oxygen atoms in total. The minimum Gasteiger partial charge on any atom is -0.378 e. The average Bonchev–Trinajstić information content (AvgIpc) is 2.89. The Balaban J connectivity index is 2.00. The third-order valence-corrected chi connectivity index (χ3v) is 4.46. The van der Waals surface area contributed by atoms with E-state index in [-0.39, 0.29) is 11.9 Å². The minimum atomic E-state index is -0.0512. The van der Waals surface area contributed by atoms with E-state index in [0.717, 1.165) is 17.8 Å². The van der Waals surface area contributed by atoms with Crippen molar-refractivity contribution in [2.45, 2.75) is 33.2 Å². The van der Waals surface area contributed by atoms with Crippen LogP contribution in [0.25, 0.3) is 0 Å². The Morgan fingerprint density at radius 3 is 2.35 bits per heavy atom. The molecule has 0 spiro atoms. The summed E-state index contributed by atoms with van der Waals surface area (Å²) in [5.41, 5.74) is 1.87. The van der Waals surface area contributed by atoms with Crippen molar-refractivity contribution in [3.05, 3.63) is 46.2 Å². The van der Waals surface area contributed by atoms with Gasteiger partial charge in [0, 0.05) is 28.1 Å². The molecule has 1 heterocycles. The quantitative estimate of drug-likeness (QED) is 0.854. The van der Waals surface area contributed by atoms with Crippen LogP contribution in [0.2, 0.25) is 0 Å². The maximum Gasteiger partial charge on any atom is 0.221 e. The standard InChI is InChI=1S/C16H20N2OS/c1-4-15-9-10-16(20-15)11(2)17-13-5-7-14(8-6-13)18-12(3)19/h5-11,17H,4H2,1-3H3,(H,18,19). The zero-order valence-electron chi connectivity index (χ0n) is 12.1. The zero-order chi connectivity index (χ0) is 14.5. The number of carbonyl (C=O) groups is 1. The molecule has 0 fully saturated rings. The zero-order valence-corrected chi connectivity index (χ0v) is 12.9. The third kappa shape index (κ3) is 3.84. The summed E-state index contributed by atoms with van der Waals surface area (Å²) in [7, 11) is 0. The molecule has 2 rings (SSSR count). The molecule has 2 aromatic rings. The van der Waals surface area contributed by atoms with Crippen LogP contribution in [0.4, 0.5) is 11.4 Å². The molecule has 0 radical (unpaired) electrons. The van der Waals surface area contributed by atoms with Gasteiger partial charge in [0.2, 0.25) is 5.91 Å². The van der Waals surface area contributed by atoms with Gasteiger partial charge in [-0.3, -0.25) is 4.79 Å². The highest BCUT2D eigenvalue weighted by Crippen LogP contribution is 2.27. The van der Waals surface area contributed by atoms with Crippen LogP contribution in [-0.4, -0.2) is 5.91 Å². The maximum atomic E-state index is 11.0. The number of benzene rings is 1. The second-order valence-electron chi connectivity index (χ2n) is 4.78. The first-order valence-electron chi connectivity index (χ1n) is 6.81. The fourth-order valence-corrected chi connectivity index (χ4v) is 2.95. The summed E-state index contributed by atoms with van der Waals surface area (Å²) in [4.78, 5) is 13.7. The molecule has 1 unspecified atom stereocenters. The van der Waals surface area contributed by atoms with Gasteiger partial charge in [-0.2, -0.15) is 0 Å². The van der Waals surface area contributed by atoms with E-state index in [4.69, 9.17) is 0 Å². The number of rotatable bonds is 5. The molecule has 106 valence electrons. The normalized spacial score (nSPS) is 11.9. The number of thiophene rings is 1. The number of aryl methyl sites for hydroxylation is 1. The van der Waals surface area contributed by atoms with Crippen molar-refractivity contribution in [3.63, 3.8) is 0 Å². The molecule has 1 aromatic carbocycles. The second-order valence-corrected chi connectivity index (χ2v) is 5.98. The van der Waals surface area contributed by atoms with Gasteiger partial charge in [-0.05, 0) is 49.7 Å². The van der Waals surface area contributed by atoms with Crippen LogP contribution in [0.5, 0.6) is 0 Å². The predicted molar refractivity (Wildman–Crippen MR) is 86.5 cm³/mol. The van der Waals surface area contributed by atoms with E-state index >= 15 is 0 Å². The Bertz CT molecular complexity index is 574. The summed E-state index contributed by atoms with van der Waals surface area (Å²) < 4.78 is 0. The van der Waals surface area contributed by atoms with E-state index in [2.05, 4.69) is 36.6 Å². The first kappa shape index (κ1) is 14.6. The number of amides is 1. The van der Waals surface area contributed by atoms with E-state index in [1.165, 1.54) is 16.7 Å². The van der Waals surface area contributed by atoms with Crippen LogP contribution in [-0.2, 0) is 11.2 Å². The fraction of sp³-hybridized carbons (Fsp3) is 0.312. The van der Waals surface area contributed by atoms with Crippen molar-refractivity contribution in [2.75, 3.05) is 10.6 Å². The summed E-state index contributed by atoms with van der Waals surface area (Å²) in [6, 6.07) is 12.4. The Morgan fingerprint density at radius 1 is 1.15 bits per heavy atom. The molecule has 0 aliphatic carbocycles. The largest absolute Gasteiger partial charge is 0.378 e. The molecule has 0 bridgehead atoms. The highest BCUT2D eigenvalue weighted by molar-refractivity contribution is 7.12. The fourth-order valence-electron chi connectivity index (χ4n) is 1.99. The molecule has 1 amide bonds. The molecule has 1 aromatic heterocycles. The molecule has 0 aliphatic rings. The van der Waals surface area contributed by atoms with Gasteiger partial charge in [0.05, 0.1) is 6.04 Å². The molecule has 0 aliphatic heterocycles. The lowest BCUT2D eigenvalue weighted by molar-refractivity contribution is -0.114. The summed E-state index contributed by atoms with van der Waals surface area (Å²) in [6.45, 7) is 5.85. The lowest BCUT2D eigenvalue weighted by Crippen LogP contribution is -2.07. The van der Waals surface area contributed by atoms with Crippen molar-refractivity contribution in [3.8, 4) is 0 Å².